The molecule has 18 heavy (non-hydrogen) atoms. The normalized spacial score (nSPS) is 10.8. The molecule has 2 rings (SSSR count). The maximum absolute atomic E-state index is 4.66. The average Bonchev–Trinajstić information content (AvgIpc) is 2.76. The molecule has 0 saturated carbocycles. The Morgan fingerprint density at radius 1 is 1.33 bits per heavy atom. The Hall–Kier alpha value is -1.68. The lowest BCUT2D eigenvalue weighted by Crippen LogP contribution is -2.09. The van der Waals surface area contributed by atoms with E-state index >= 15 is 0 Å². The van der Waals surface area contributed by atoms with E-state index in [4.69, 9.17) is 0 Å². The molecule has 4 nitrogen and oxygen atoms in total. The molecule has 0 radical (unpaired) electrons. The summed E-state index contributed by atoms with van der Waals surface area (Å²) in [7, 11) is 1.96. The zero-order valence-electron chi connectivity index (χ0n) is 11.3. The van der Waals surface area contributed by atoms with E-state index in [1.54, 1.807) is 0 Å². The molecule has 0 bridgehead atoms. The van der Waals surface area contributed by atoms with Crippen molar-refractivity contribution in [3.8, 4) is 5.82 Å². The van der Waals surface area contributed by atoms with E-state index in [0.717, 1.165) is 36.6 Å². The van der Waals surface area contributed by atoms with Crippen molar-refractivity contribution >= 4 is 0 Å². The van der Waals surface area contributed by atoms with Crippen molar-refractivity contribution in [3.63, 3.8) is 0 Å². The monoisotopic (exact) mass is 244 g/mol. The molecule has 0 atom stereocenters. The van der Waals surface area contributed by atoms with Crippen molar-refractivity contribution in [2.75, 3.05) is 7.05 Å². The van der Waals surface area contributed by atoms with Crippen molar-refractivity contribution in [2.45, 2.75) is 33.2 Å². The second kappa shape index (κ2) is 5.78. The number of aryl methyl sites for hydroxylation is 2. The van der Waals surface area contributed by atoms with Crippen molar-refractivity contribution < 1.29 is 0 Å². The zero-order valence-corrected chi connectivity index (χ0v) is 11.3. The molecule has 0 amide bonds. The Bertz CT molecular complexity index is 492. The number of pyridine rings is 1. The van der Waals surface area contributed by atoms with Gasteiger partial charge in [-0.05, 0) is 44.2 Å². The smallest absolute Gasteiger partial charge is 0.153 e. The van der Waals surface area contributed by atoms with Crippen LogP contribution in [0.2, 0.25) is 0 Å². The van der Waals surface area contributed by atoms with Gasteiger partial charge in [0.1, 0.15) is 0 Å². The molecule has 1 N–H and O–H groups in total. The van der Waals surface area contributed by atoms with E-state index in [0.29, 0.717) is 0 Å². The van der Waals surface area contributed by atoms with E-state index in [-0.39, 0.29) is 0 Å². The van der Waals surface area contributed by atoms with Crippen LogP contribution in [0.15, 0.2) is 24.4 Å². The highest BCUT2D eigenvalue weighted by atomic mass is 15.3. The highest BCUT2D eigenvalue weighted by Crippen LogP contribution is 2.12. The molecule has 0 spiro atoms. The van der Waals surface area contributed by atoms with Crippen LogP contribution < -0.4 is 5.32 Å². The maximum atomic E-state index is 4.66. The molecule has 0 unspecified atom stereocenters. The fourth-order valence-corrected chi connectivity index (χ4v) is 1.98. The Morgan fingerprint density at radius 2 is 2.17 bits per heavy atom. The van der Waals surface area contributed by atoms with Gasteiger partial charge in [-0.1, -0.05) is 13.3 Å². The van der Waals surface area contributed by atoms with Crippen LogP contribution >= 0.6 is 0 Å². The van der Waals surface area contributed by atoms with Crippen molar-refractivity contribution in [2.24, 2.45) is 0 Å². The first kappa shape index (κ1) is 12.8. The van der Waals surface area contributed by atoms with Gasteiger partial charge in [0.25, 0.3) is 0 Å². The summed E-state index contributed by atoms with van der Waals surface area (Å²) in [4.78, 5) is 4.66. The third-order valence-electron chi connectivity index (χ3n) is 2.77. The SMILES string of the molecule is CCCc1cc(CNC)cc(-n2ccc(C)n2)n1. The fourth-order valence-electron chi connectivity index (χ4n) is 1.98. The number of nitrogens with zero attached hydrogens (tertiary/aromatic N) is 3. The lowest BCUT2D eigenvalue weighted by molar-refractivity contribution is 0.777. The van der Waals surface area contributed by atoms with Gasteiger partial charge in [0.15, 0.2) is 5.82 Å². The van der Waals surface area contributed by atoms with Gasteiger partial charge in [0, 0.05) is 18.4 Å². The van der Waals surface area contributed by atoms with Crippen molar-refractivity contribution in [1.29, 1.82) is 0 Å². The average molecular weight is 244 g/mol. The van der Waals surface area contributed by atoms with Gasteiger partial charge < -0.3 is 5.32 Å². The van der Waals surface area contributed by atoms with Gasteiger partial charge in [-0.25, -0.2) is 9.67 Å². The van der Waals surface area contributed by atoms with Crippen LogP contribution in [-0.4, -0.2) is 21.8 Å². The molecule has 0 aliphatic rings. The molecule has 2 heterocycles. The summed E-state index contributed by atoms with van der Waals surface area (Å²) in [6, 6.07) is 6.24. The van der Waals surface area contributed by atoms with Gasteiger partial charge in [-0.2, -0.15) is 5.10 Å². The first-order valence-electron chi connectivity index (χ1n) is 6.40. The number of nitrogens with one attached hydrogen (secondary N) is 1. The number of aromatic nitrogens is 3. The highest BCUT2D eigenvalue weighted by Gasteiger charge is 2.05. The van der Waals surface area contributed by atoms with Crippen LogP contribution in [0.25, 0.3) is 5.82 Å². The molecule has 96 valence electrons. The summed E-state index contributed by atoms with van der Waals surface area (Å²) in [6.45, 7) is 5.01. The molecular formula is C14H20N4. The van der Waals surface area contributed by atoms with Crippen LogP contribution in [0, 0.1) is 6.92 Å². The number of rotatable bonds is 5. The van der Waals surface area contributed by atoms with Gasteiger partial charge in [0.2, 0.25) is 0 Å². The van der Waals surface area contributed by atoms with Crippen LogP contribution in [0.3, 0.4) is 0 Å². The minimum atomic E-state index is 0.854. The largest absolute Gasteiger partial charge is 0.316 e. The molecule has 0 fully saturated rings. The molecule has 0 aliphatic heterocycles. The maximum Gasteiger partial charge on any atom is 0.153 e. The second-order valence-corrected chi connectivity index (χ2v) is 4.51. The number of hydrogen-bond acceptors (Lipinski definition) is 3. The van der Waals surface area contributed by atoms with Gasteiger partial charge in [-0.3, -0.25) is 0 Å². The van der Waals surface area contributed by atoms with Crippen LogP contribution in [0.4, 0.5) is 0 Å². The lowest BCUT2D eigenvalue weighted by atomic mass is 10.1. The zero-order chi connectivity index (χ0) is 13.0. The Balaban J connectivity index is 2.39. The van der Waals surface area contributed by atoms with Crippen LogP contribution in [-0.2, 0) is 13.0 Å². The summed E-state index contributed by atoms with van der Waals surface area (Å²) >= 11 is 0. The van der Waals surface area contributed by atoms with Gasteiger partial charge in [0.05, 0.1) is 5.69 Å². The van der Waals surface area contributed by atoms with E-state index in [1.165, 1.54) is 5.56 Å². The highest BCUT2D eigenvalue weighted by molar-refractivity contribution is 5.31. The van der Waals surface area contributed by atoms with E-state index in [2.05, 4.69) is 34.5 Å². The third-order valence-corrected chi connectivity index (χ3v) is 2.77. The number of hydrogen-bond donors (Lipinski definition) is 1. The van der Waals surface area contributed by atoms with Crippen molar-refractivity contribution in [3.05, 3.63) is 41.3 Å². The minimum absolute atomic E-state index is 0.854. The summed E-state index contributed by atoms with van der Waals surface area (Å²) in [6.07, 6.45) is 4.06. The molecule has 0 aromatic carbocycles. The van der Waals surface area contributed by atoms with E-state index in [1.807, 2.05) is 30.9 Å². The van der Waals surface area contributed by atoms with Gasteiger partial charge in [-0.15, -0.1) is 0 Å². The summed E-state index contributed by atoms with van der Waals surface area (Å²) in [5.41, 5.74) is 3.39. The summed E-state index contributed by atoms with van der Waals surface area (Å²) < 4.78 is 1.84. The predicted octanol–water partition coefficient (Wildman–Crippen LogP) is 2.25. The molecule has 2 aromatic heterocycles. The molecule has 0 saturated heterocycles. The molecule has 2 aromatic rings. The second-order valence-electron chi connectivity index (χ2n) is 4.51. The quantitative estimate of drug-likeness (QED) is 0.877. The van der Waals surface area contributed by atoms with E-state index in [9.17, 15) is 0 Å². The van der Waals surface area contributed by atoms with Crippen LogP contribution in [0.5, 0.6) is 0 Å². The molecule has 0 aliphatic carbocycles. The van der Waals surface area contributed by atoms with Crippen molar-refractivity contribution in [1.82, 2.24) is 20.1 Å². The predicted molar refractivity (Wildman–Crippen MR) is 72.9 cm³/mol. The topological polar surface area (TPSA) is 42.7 Å². The first-order chi connectivity index (χ1) is 8.72. The third kappa shape index (κ3) is 2.96. The fraction of sp³-hybridized carbons (Fsp3) is 0.429. The molecule has 4 heteroatoms. The first-order valence-corrected chi connectivity index (χ1v) is 6.40. The Morgan fingerprint density at radius 3 is 2.78 bits per heavy atom. The Labute approximate surface area is 108 Å². The molecular weight excluding hydrogens is 224 g/mol. The Kier molecular flexibility index (Phi) is 4.10. The summed E-state index contributed by atoms with van der Waals surface area (Å²) in [5, 5.41) is 7.60. The lowest BCUT2D eigenvalue weighted by Gasteiger charge is -2.08. The van der Waals surface area contributed by atoms with E-state index < -0.39 is 0 Å². The standard InChI is InChI=1S/C14H20N4/c1-4-5-13-8-12(10-15-3)9-14(16-13)18-7-6-11(2)17-18/h6-9,15H,4-5,10H2,1-3H3. The minimum Gasteiger partial charge on any atom is -0.316 e. The van der Waals surface area contributed by atoms with Gasteiger partial charge >= 0.3 is 0 Å². The van der Waals surface area contributed by atoms with Crippen LogP contribution in [0.1, 0.15) is 30.3 Å². The summed E-state index contributed by atoms with van der Waals surface area (Å²) in [5.74, 6) is 0.902.